The van der Waals surface area contributed by atoms with Gasteiger partial charge in [-0.15, -0.1) is 0 Å². The summed E-state index contributed by atoms with van der Waals surface area (Å²) in [5.41, 5.74) is -1.81. The molecule has 0 amide bonds. The Morgan fingerprint density at radius 3 is 1.13 bits per heavy atom. The number of aliphatic carboxylic acids is 2. The highest BCUT2D eigenvalue weighted by Gasteiger charge is 2.37. The molecule has 2 aliphatic heterocycles. The molecule has 0 spiro atoms. The Morgan fingerprint density at radius 2 is 0.833 bits per heavy atom. The molecule has 0 radical (unpaired) electrons. The van der Waals surface area contributed by atoms with Crippen LogP contribution in [0.3, 0.4) is 0 Å². The van der Waals surface area contributed by atoms with Crippen molar-refractivity contribution < 1.29 is 54.9 Å². The lowest BCUT2D eigenvalue weighted by Gasteiger charge is -2.36. The van der Waals surface area contributed by atoms with Crippen molar-refractivity contribution >= 4 is 23.6 Å². The second-order valence-corrected chi connectivity index (χ2v) is 22.0. The summed E-state index contributed by atoms with van der Waals surface area (Å²) in [6.07, 6.45) is -1.32. The summed E-state index contributed by atoms with van der Waals surface area (Å²) < 4.78 is 111. The van der Waals surface area contributed by atoms with E-state index in [1.165, 1.54) is 24.3 Å². The van der Waals surface area contributed by atoms with Gasteiger partial charge in [0.15, 0.2) is 0 Å². The first-order chi connectivity index (χ1) is 39.4. The third-order valence-corrected chi connectivity index (χ3v) is 13.3. The third-order valence-electron chi connectivity index (χ3n) is 13.3. The van der Waals surface area contributed by atoms with E-state index in [9.17, 15) is 54.3 Å². The molecular weight excluding hydrogens is 1110 g/mol. The number of unbranched alkanes of at least 4 members (excludes halogenated alkanes) is 2. The molecule has 2 aromatic carbocycles. The van der Waals surface area contributed by atoms with Crippen LogP contribution < -0.4 is 21.2 Å². The average Bonchev–Trinajstić information content (AvgIpc) is 3.62. The highest BCUT2D eigenvalue weighted by atomic mass is 19.4. The number of benzene rings is 2. The first kappa shape index (κ1) is 65.2. The molecule has 2 N–H and O–H groups in total. The van der Waals surface area contributed by atoms with Crippen molar-refractivity contribution in [3.05, 3.63) is 153 Å². The van der Waals surface area contributed by atoms with Gasteiger partial charge in [0.1, 0.15) is 46.3 Å². The van der Waals surface area contributed by atoms with Crippen LogP contribution >= 0.6 is 0 Å². The molecule has 6 aromatic rings. The van der Waals surface area contributed by atoms with Gasteiger partial charge in [0, 0.05) is 124 Å². The van der Waals surface area contributed by atoms with Gasteiger partial charge < -0.3 is 20.0 Å². The molecule has 2 fully saturated rings. The molecule has 8 rings (SSSR count). The standard InChI is InChI=1S/2C27H32F4N6O.C4H4O4/c2*1-26(2,3)24-33-22(27(29,30)31)18-23(34-24)36-15-13-35(14-16-36)10-4-5-11-37-12-9-21(32-25(37)38)19-7-6-8-20(28)17-19;5-3(6)1-2-4(7)8/h2*6-9,12,17-18H,4-5,10-11,13-16H2,1-3H3;1-2H,(H,5,6)(H,7,8). The Bertz CT molecular complexity index is 3060. The Morgan fingerprint density at radius 1 is 0.488 bits per heavy atom. The predicted octanol–water partition coefficient (Wildman–Crippen LogP) is 9.23. The molecule has 0 bridgehead atoms. The summed E-state index contributed by atoms with van der Waals surface area (Å²) >= 11 is 0. The number of carboxylic acid groups (broad SMARTS) is 2. The monoisotopic (exact) mass is 1180 g/mol. The Balaban J connectivity index is 0.000000238. The molecule has 0 aliphatic carbocycles. The van der Waals surface area contributed by atoms with Crippen molar-refractivity contribution in [3.63, 3.8) is 0 Å². The van der Waals surface area contributed by atoms with Crippen LogP contribution in [0.25, 0.3) is 22.5 Å². The van der Waals surface area contributed by atoms with E-state index in [0.717, 1.165) is 50.9 Å². The lowest BCUT2D eigenvalue weighted by atomic mass is 9.95. The van der Waals surface area contributed by atoms with E-state index in [0.29, 0.717) is 112 Å². The Labute approximate surface area is 480 Å². The second-order valence-electron chi connectivity index (χ2n) is 22.0. The van der Waals surface area contributed by atoms with Gasteiger partial charge in [0.05, 0.1) is 11.4 Å². The van der Waals surface area contributed by atoms with E-state index in [1.54, 1.807) is 99.5 Å². The minimum atomic E-state index is -4.53. The van der Waals surface area contributed by atoms with Crippen molar-refractivity contribution in [3.8, 4) is 22.5 Å². The van der Waals surface area contributed by atoms with Gasteiger partial charge in [-0.2, -0.15) is 36.3 Å². The number of alkyl halides is 6. The maximum atomic E-state index is 13.5. The zero-order valence-corrected chi connectivity index (χ0v) is 47.5. The van der Waals surface area contributed by atoms with Crippen LogP contribution in [0.5, 0.6) is 0 Å². The van der Waals surface area contributed by atoms with Gasteiger partial charge in [0.25, 0.3) is 0 Å². The van der Waals surface area contributed by atoms with E-state index >= 15 is 0 Å². The first-order valence-corrected chi connectivity index (χ1v) is 27.1. The first-order valence-electron chi connectivity index (χ1n) is 27.1. The molecular formula is C58H68F8N12O6. The number of rotatable bonds is 16. The van der Waals surface area contributed by atoms with Crippen molar-refractivity contribution in [1.82, 2.24) is 48.8 Å². The van der Waals surface area contributed by atoms with Crippen LogP contribution in [-0.2, 0) is 45.9 Å². The topological polar surface area (TPSA) is 209 Å². The smallest absolute Gasteiger partial charge is 0.433 e. The molecule has 2 aliphatic rings. The fourth-order valence-corrected chi connectivity index (χ4v) is 8.75. The third kappa shape index (κ3) is 19.8. The predicted molar refractivity (Wildman–Crippen MR) is 299 cm³/mol. The largest absolute Gasteiger partial charge is 0.478 e. The molecule has 2 saturated heterocycles. The lowest BCUT2D eigenvalue weighted by Crippen LogP contribution is -2.47. The maximum absolute atomic E-state index is 13.5. The summed E-state index contributed by atoms with van der Waals surface area (Å²) in [6.45, 7) is 18.6. The van der Waals surface area contributed by atoms with Gasteiger partial charge in [-0.05, 0) is 75.2 Å². The Hall–Kier alpha value is -8.00. The number of piperazine rings is 2. The van der Waals surface area contributed by atoms with Crippen molar-refractivity contribution in [1.29, 1.82) is 0 Å². The summed E-state index contributed by atoms with van der Waals surface area (Å²) in [4.78, 5) is 76.8. The summed E-state index contributed by atoms with van der Waals surface area (Å²) in [5.74, 6) is -2.30. The number of anilines is 2. The minimum absolute atomic E-state index is 0.179. The van der Waals surface area contributed by atoms with E-state index in [2.05, 4.69) is 39.7 Å². The van der Waals surface area contributed by atoms with Crippen molar-refractivity contribution in [2.24, 2.45) is 0 Å². The molecule has 0 unspecified atom stereocenters. The van der Waals surface area contributed by atoms with E-state index in [1.807, 2.05) is 9.80 Å². The van der Waals surface area contributed by atoms with Gasteiger partial charge in [-0.25, -0.2) is 47.9 Å². The normalized spacial score (nSPS) is 14.6. The number of halogens is 8. The quantitative estimate of drug-likeness (QED) is 0.0526. The van der Waals surface area contributed by atoms with E-state index in [4.69, 9.17) is 10.2 Å². The van der Waals surface area contributed by atoms with Crippen LogP contribution in [-0.4, -0.2) is 136 Å². The molecule has 18 nitrogen and oxygen atoms in total. The molecule has 452 valence electrons. The minimum Gasteiger partial charge on any atom is -0.478 e. The number of carboxylic acids is 2. The fraction of sp³-hybridized carbons (Fsp3) is 0.448. The second kappa shape index (κ2) is 28.5. The van der Waals surface area contributed by atoms with Gasteiger partial charge >= 0.3 is 35.7 Å². The maximum Gasteiger partial charge on any atom is 0.433 e. The number of hydrogen-bond acceptors (Lipinski definition) is 14. The number of aryl methyl sites for hydroxylation is 2. The summed E-state index contributed by atoms with van der Waals surface area (Å²) in [5, 5.41) is 15.6. The highest BCUT2D eigenvalue weighted by Crippen LogP contribution is 2.34. The number of hydrogen-bond donors (Lipinski definition) is 2. The van der Waals surface area contributed by atoms with Gasteiger partial charge in [0.2, 0.25) is 0 Å². The SMILES string of the molecule is CC(C)(C)c1nc(N2CCN(CCCCn3ccc(-c4cccc(F)c4)nc3=O)CC2)cc(C(F)(F)F)n1.CC(C)(C)c1nc(N2CCN(CCCCn3ccc(-c4cccc(F)c4)nc3=O)CC2)cc(C(F)(F)F)n1.O=C(O)C=CC(=O)O. The average molecular weight is 1180 g/mol. The Kier molecular flexibility index (Phi) is 22.1. The highest BCUT2D eigenvalue weighted by molar-refractivity contribution is 5.89. The molecule has 84 heavy (non-hydrogen) atoms. The van der Waals surface area contributed by atoms with Crippen LogP contribution in [0.2, 0.25) is 0 Å². The molecule has 26 heteroatoms. The van der Waals surface area contributed by atoms with Crippen LogP contribution in [0.15, 0.2) is 107 Å². The molecule has 4 aromatic heterocycles. The van der Waals surface area contributed by atoms with E-state index in [-0.39, 0.29) is 34.7 Å². The summed E-state index contributed by atoms with van der Waals surface area (Å²) in [7, 11) is 0. The zero-order valence-electron chi connectivity index (χ0n) is 47.5. The fourth-order valence-electron chi connectivity index (χ4n) is 8.75. The van der Waals surface area contributed by atoms with Crippen LogP contribution in [0, 0.1) is 11.6 Å². The van der Waals surface area contributed by atoms with E-state index < -0.39 is 46.5 Å². The van der Waals surface area contributed by atoms with Crippen LogP contribution in [0.1, 0.15) is 90.3 Å². The lowest BCUT2D eigenvalue weighted by molar-refractivity contribution is -0.142. The zero-order chi connectivity index (χ0) is 61.6. The van der Waals surface area contributed by atoms with Crippen molar-refractivity contribution in [2.75, 3.05) is 75.2 Å². The molecule has 6 heterocycles. The number of carbonyl (C=O) groups is 2. The van der Waals surface area contributed by atoms with Crippen LogP contribution in [0.4, 0.5) is 46.8 Å². The molecule has 0 atom stereocenters. The molecule has 0 saturated carbocycles. The van der Waals surface area contributed by atoms with Gasteiger partial charge in [-0.3, -0.25) is 18.9 Å². The van der Waals surface area contributed by atoms with Crippen molar-refractivity contribution in [2.45, 2.75) is 103 Å². The number of aromatic nitrogens is 8. The summed E-state index contributed by atoms with van der Waals surface area (Å²) in [6, 6.07) is 17.4. The number of nitrogens with zero attached hydrogens (tertiary/aromatic N) is 12. The van der Waals surface area contributed by atoms with Gasteiger partial charge in [-0.1, -0.05) is 65.8 Å².